The molecule has 0 nitrogen and oxygen atoms in total. The molecule has 0 fully saturated rings. The van der Waals surface area contributed by atoms with Crippen LogP contribution >= 0.6 is 0 Å². The summed E-state index contributed by atoms with van der Waals surface area (Å²) >= 11 is 7.75. The Labute approximate surface area is 83.3 Å². The third-order valence-electron chi connectivity index (χ3n) is 1.35. The molecule has 0 heterocycles. The van der Waals surface area contributed by atoms with Crippen molar-refractivity contribution in [3.8, 4) is 0 Å². The molecule has 0 aliphatic carbocycles. The van der Waals surface area contributed by atoms with Gasteiger partial charge in [0.2, 0.25) is 0 Å². The predicted molar refractivity (Wildman–Crippen MR) is 47.2 cm³/mol. The molecule has 80 valence electrons. The van der Waals surface area contributed by atoms with E-state index in [9.17, 15) is 22.0 Å². The van der Waals surface area contributed by atoms with Crippen LogP contribution in [0.1, 0.15) is 13.3 Å². The molecule has 0 saturated heterocycles. The molecule has 0 aromatic carbocycles. The van der Waals surface area contributed by atoms with E-state index in [1.807, 2.05) is 0 Å². The summed E-state index contributed by atoms with van der Waals surface area (Å²) in [6.07, 6.45) is -3.62. The number of hydrogen-bond donors (Lipinski definition) is 0. The van der Waals surface area contributed by atoms with E-state index >= 15 is 0 Å². The average molecular weight is 257 g/mol. The molecule has 0 saturated carbocycles. The Kier molecular flexibility index (Phi) is 4.45. The van der Waals surface area contributed by atoms with E-state index in [0.29, 0.717) is 0 Å². The normalized spacial score (nSPS) is 16.2. The van der Waals surface area contributed by atoms with Crippen LogP contribution in [0.4, 0.5) is 22.0 Å². The van der Waals surface area contributed by atoms with E-state index in [1.165, 1.54) is 0 Å². The maximum atomic E-state index is 12.6. The highest BCUT2D eigenvalue weighted by Gasteiger charge is 2.55. The molecule has 0 aromatic rings. The van der Waals surface area contributed by atoms with Crippen molar-refractivity contribution in [2.24, 2.45) is 0 Å². The molecule has 0 spiro atoms. The number of rotatable bonds is 4. The zero-order valence-corrected chi connectivity index (χ0v) is 8.85. The molecule has 8 heteroatoms. The Morgan fingerprint density at radius 2 is 1.62 bits per heavy atom. The van der Waals surface area contributed by atoms with Crippen LogP contribution in [-0.2, 0) is 30.4 Å². The van der Waals surface area contributed by atoms with Gasteiger partial charge in [-0.3, -0.25) is 30.4 Å². The van der Waals surface area contributed by atoms with Crippen molar-refractivity contribution in [3.05, 3.63) is 0 Å². The van der Waals surface area contributed by atoms with Crippen molar-refractivity contribution >= 4 is 30.4 Å². The fourth-order valence-electron chi connectivity index (χ4n) is 0.550. The van der Waals surface area contributed by atoms with Crippen molar-refractivity contribution in [3.63, 3.8) is 0 Å². The van der Waals surface area contributed by atoms with Gasteiger partial charge >= 0.3 is 5.92 Å². The van der Waals surface area contributed by atoms with Crippen molar-refractivity contribution in [2.45, 2.75) is 30.7 Å². The summed E-state index contributed by atoms with van der Waals surface area (Å²) in [7, 11) is -2.67. The minimum atomic E-state index is -4.77. The molecule has 0 amide bonds. The van der Waals surface area contributed by atoms with E-state index in [1.54, 1.807) is 0 Å². The Balaban J connectivity index is 5.02. The highest BCUT2D eigenvalue weighted by atomic mass is 33.1. The second kappa shape index (κ2) is 4.31. The lowest BCUT2D eigenvalue weighted by Crippen LogP contribution is -2.48. The molecule has 0 radical (unpaired) electrons. The van der Waals surface area contributed by atoms with Crippen LogP contribution in [0.3, 0.4) is 0 Å². The smallest absolute Gasteiger partial charge is 0.275 e. The van der Waals surface area contributed by atoms with E-state index in [0.717, 1.165) is 6.92 Å². The monoisotopic (exact) mass is 257 g/mol. The minimum absolute atomic E-state index is 0.704. The predicted octanol–water partition coefficient (Wildman–Crippen LogP) is 2.50. The van der Waals surface area contributed by atoms with Crippen LogP contribution in [-0.4, -0.2) is 17.3 Å². The van der Waals surface area contributed by atoms with Gasteiger partial charge in [0.25, 0.3) is 5.25 Å². The molecule has 0 aliphatic rings. The standard InChI is InChI=1S/C5H6F5S3/c1-2-3(6)4(7,8)5(9,10)13(11)12/h3H,2H2,1H3/q-1. The Bertz CT molecular complexity index is 239. The molecule has 0 rings (SSSR count). The van der Waals surface area contributed by atoms with Gasteiger partial charge in [-0.05, 0) is 6.42 Å². The van der Waals surface area contributed by atoms with Crippen LogP contribution in [0, 0.1) is 0 Å². The first kappa shape index (κ1) is 13.4. The minimum Gasteiger partial charge on any atom is -0.275 e. The molecule has 0 aromatic heterocycles. The Hall–Kier alpha value is 0.440. The lowest BCUT2D eigenvalue weighted by Gasteiger charge is -2.32. The first-order valence-corrected chi connectivity index (χ1v) is 6.24. The second-order valence-electron chi connectivity index (χ2n) is 2.25. The summed E-state index contributed by atoms with van der Waals surface area (Å²) in [6, 6.07) is 0. The Morgan fingerprint density at radius 3 is 1.85 bits per heavy atom. The lowest BCUT2D eigenvalue weighted by atomic mass is 10.2. The summed E-state index contributed by atoms with van der Waals surface area (Å²) in [5.41, 5.74) is 0. The van der Waals surface area contributed by atoms with E-state index in [2.05, 4.69) is 22.4 Å². The van der Waals surface area contributed by atoms with Gasteiger partial charge in [0.15, 0.2) is 6.17 Å². The highest BCUT2D eigenvalue weighted by Crippen LogP contribution is 2.40. The second-order valence-corrected chi connectivity index (χ2v) is 5.87. The third kappa shape index (κ3) is 2.47. The molecular weight excluding hydrogens is 251 g/mol. The summed E-state index contributed by atoms with van der Waals surface area (Å²) in [6.45, 7) is 1.04. The SMILES string of the molecule is CCC(F)C(F)(F)C(F)(F)[S-](=S)=S. The third-order valence-corrected chi connectivity index (χ3v) is 3.30. The van der Waals surface area contributed by atoms with Crippen LogP contribution in [0.2, 0.25) is 0 Å². The molecule has 1 atom stereocenters. The van der Waals surface area contributed by atoms with Crippen LogP contribution < -0.4 is 0 Å². The van der Waals surface area contributed by atoms with Crippen molar-refractivity contribution in [1.29, 1.82) is 0 Å². The maximum Gasteiger partial charge on any atom is 0.322 e. The molecule has 0 N–H and O–H groups in total. The van der Waals surface area contributed by atoms with Gasteiger partial charge in [-0.15, -0.1) is 0 Å². The quantitative estimate of drug-likeness (QED) is 0.560. The molecule has 1 unspecified atom stereocenters. The molecule has 0 aliphatic heterocycles. The first-order valence-electron chi connectivity index (χ1n) is 3.17. The largest absolute Gasteiger partial charge is 0.322 e. The van der Waals surface area contributed by atoms with E-state index in [-0.39, 0.29) is 0 Å². The number of hydrogen-bond acceptors (Lipinski definition) is 3. The van der Waals surface area contributed by atoms with Crippen molar-refractivity contribution in [2.75, 3.05) is 0 Å². The van der Waals surface area contributed by atoms with E-state index < -0.39 is 31.8 Å². The van der Waals surface area contributed by atoms with Gasteiger partial charge in [-0.25, -0.2) is 13.2 Å². The van der Waals surface area contributed by atoms with Gasteiger partial charge < -0.3 is 0 Å². The van der Waals surface area contributed by atoms with Gasteiger partial charge in [0.05, 0.1) is 0 Å². The average Bonchev–Trinajstić information content (AvgIpc) is 2.02. The van der Waals surface area contributed by atoms with Gasteiger partial charge in [-0.2, -0.15) is 8.78 Å². The van der Waals surface area contributed by atoms with Crippen molar-refractivity contribution in [1.82, 2.24) is 0 Å². The van der Waals surface area contributed by atoms with Crippen LogP contribution in [0.5, 0.6) is 0 Å². The van der Waals surface area contributed by atoms with Crippen molar-refractivity contribution < 1.29 is 22.0 Å². The Morgan fingerprint density at radius 1 is 1.23 bits per heavy atom. The fourth-order valence-corrected chi connectivity index (χ4v) is 1.57. The first-order chi connectivity index (χ1) is 5.67. The zero-order chi connectivity index (χ0) is 10.9. The van der Waals surface area contributed by atoms with Crippen LogP contribution in [0.15, 0.2) is 0 Å². The lowest BCUT2D eigenvalue weighted by molar-refractivity contribution is -0.190. The van der Waals surface area contributed by atoms with Crippen LogP contribution in [0.25, 0.3) is 0 Å². The fraction of sp³-hybridized carbons (Fsp3) is 1.00. The zero-order valence-electron chi connectivity index (χ0n) is 6.40. The molecule has 13 heavy (non-hydrogen) atoms. The summed E-state index contributed by atoms with van der Waals surface area (Å²) in [4.78, 5) is 0. The van der Waals surface area contributed by atoms with Gasteiger partial charge in [0, 0.05) is 0 Å². The number of alkyl halides is 5. The molecular formula is C5H6F5S3-. The number of halogens is 5. The summed E-state index contributed by atoms with van der Waals surface area (Å²) < 4.78 is 62.8. The van der Waals surface area contributed by atoms with Gasteiger partial charge in [0.1, 0.15) is 0 Å². The van der Waals surface area contributed by atoms with E-state index in [4.69, 9.17) is 0 Å². The topological polar surface area (TPSA) is 0 Å². The van der Waals surface area contributed by atoms with Gasteiger partial charge in [-0.1, -0.05) is 6.92 Å². The highest BCUT2D eigenvalue weighted by molar-refractivity contribution is 8.47. The molecule has 0 bridgehead atoms. The summed E-state index contributed by atoms with van der Waals surface area (Å²) in [5, 5.41) is -4.63. The summed E-state index contributed by atoms with van der Waals surface area (Å²) in [5.74, 6) is -4.77. The maximum absolute atomic E-state index is 12.6.